The minimum absolute atomic E-state index is 0.105. The number of methoxy groups -OCH3 is 2. The maximum Gasteiger partial charge on any atom is 0.204 e. The lowest BCUT2D eigenvalue weighted by molar-refractivity contribution is 0.127. The SMILES string of the molecule is COc1cccc2c(=O)c3c(OC)cc4c(c3oc12)C[C@@H]([C@@]1(C)CO1)O4. The second kappa shape index (κ2) is 5.14. The molecule has 134 valence electrons. The molecule has 0 spiro atoms. The molecule has 0 saturated carbocycles. The first-order valence-electron chi connectivity index (χ1n) is 8.50. The van der Waals surface area contributed by atoms with Gasteiger partial charge >= 0.3 is 0 Å². The predicted molar refractivity (Wildman–Crippen MR) is 95.6 cm³/mol. The first-order valence-corrected chi connectivity index (χ1v) is 8.50. The minimum atomic E-state index is -0.284. The molecule has 0 radical (unpaired) electrons. The lowest BCUT2D eigenvalue weighted by atomic mass is 9.98. The molecule has 6 nitrogen and oxygen atoms in total. The van der Waals surface area contributed by atoms with Gasteiger partial charge in [0.25, 0.3) is 0 Å². The van der Waals surface area contributed by atoms with Gasteiger partial charge < -0.3 is 23.4 Å². The zero-order chi connectivity index (χ0) is 18.1. The maximum atomic E-state index is 13.2. The van der Waals surface area contributed by atoms with Crippen molar-refractivity contribution in [3.8, 4) is 17.2 Å². The molecule has 5 rings (SSSR count). The Morgan fingerprint density at radius 3 is 2.62 bits per heavy atom. The zero-order valence-electron chi connectivity index (χ0n) is 14.8. The van der Waals surface area contributed by atoms with Gasteiger partial charge in [-0.05, 0) is 19.1 Å². The molecule has 1 saturated heterocycles. The third kappa shape index (κ3) is 1.99. The van der Waals surface area contributed by atoms with Crippen molar-refractivity contribution in [1.29, 1.82) is 0 Å². The van der Waals surface area contributed by atoms with Crippen molar-refractivity contribution in [3.63, 3.8) is 0 Å². The molecule has 3 heterocycles. The highest BCUT2D eigenvalue weighted by molar-refractivity contribution is 5.97. The third-order valence-electron chi connectivity index (χ3n) is 5.34. The van der Waals surface area contributed by atoms with E-state index in [1.807, 2.05) is 6.92 Å². The van der Waals surface area contributed by atoms with Crippen molar-refractivity contribution in [1.82, 2.24) is 0 Å². The first-order chi connectivity index (χ1) is 12.6. The van der Waals surface area contributed by atoms with Gasteiger partial charge in [0.1, 0.15) is 34.2 Å². The Morgan fingerprint density at radius 1 is 1.15 bits per heavy atom. The summed E-state index contributed by atoms with van der Waals surface area (Å²) in [6.45, 7) is 2.69. The highest BCUT2D eigenvalue weighted by Gasteiger charge is 2.51. The lowest BCUT2D eigenvalue weighted by Gasteiger charge is -2.14. The molecule has 1 fully saturated rings. The number of fused-ring (bicyclic) bond motifs is 4. The van der Waals surface area contributed by atoms with Gasteiger partial charge in [-0.25, -0.2) is 0 Å². The Bertz CT molecular complexity index is 1110. The smallest absolute Gasteiger partial charge is 0.204 e. The number of hydrogen-bond acceptors (Lipinski definition) is 6. The molecule has 0 amide bonds. The van der Waals surface area contributed by atoms with Crippen molar-refractivity contribution in [2.24, 2.45) is 0 Å². The van der Waals surface area contributed by atoms with Crippen LogP contribution in [0.4, 0.5) is 0 Å². The highest BCUT2D eigenvalue weighted by Crippen LogP contribution is 2.46. The average molecular weight is 354 g/mol. The minimum Gasteiger partial charge on any atom is -0.496 e. The molecule has 2 atom stereocenters. The van der Waals surface area contributed by atoms with Crippen molar-refractivity contribution >= 4 is 21.9 Å². The number of rotatable bonds is 3. The van der Waals surface area contributed by atoms with Crippen LogP contribution in [0.2, 0.25) is 0 Å². The van der Waals surface area contributed by atoms with Gasteiger partial charge in [-0.2, -0.15) is 0 Å². The number of hydrogen-bond donors (Lipinski definition) is 0. The lowest BCUT2D eigenvalue weighted by Crippen LogP contribution is -2.30. The van der Waals surface area contributed by atoms with Crippen molar-refractivity contribution in [2.75, 3.05) is 20.8 Å². The number of benzene rings is 2. The summed E-state index contributed by atoms with van der Waals surface area (Å²) >= 11 is 0. The van der Waals surface area contributed by atoms with Gasteiger partial charge in [-0.15, -0.1) is 0 Å². The average Bonchev–Trinajstić information content (AvgIpc) is 3.25. The largest absolute Gasteiger partial charge is 0.496 e. The zero-order valence-corrected chi connectivity index (χ0v) is 14.8. The molecular weight excluding hydrogens is 336 g/mol. The molecule has 0 bridgehead atoms. The Hall–Kier alpha value is -2.73. The summed E-state index contributed by atoms with van der Waals surface area (Å²) in [4.78, 5) is 13.2. The summed E-state index contributed by atoms with van der Waals surface area (Å²) in [5, 5.41) is 0.890. The maximum absolute atomic E-state index is 13.2. The third-order valence-corrected chi connectivity index (χ3v) is 5.34. The summed E-state index contributed by atoms with van der Waals surface area (Å²) in [5.74, 6) is 1.64. The van der Waals surface area contributed by atoms with E-state index in [1.165, 1.54) is 7.11 Å². The molecule has 3 aromatic rings. The molecule has 1 aromatic heterocycles. The molecule has 0 aliphatic carbocycles. The normalized spacial score (nSPS) is 23.7. The quantitative estimate of drug-likeness (QED) is 0.532. The Kier molecular flexibility index (Phi) is 3.07. The van der Waals surface area contributed by atoms with E-state index in [9.17, 15) is 4.79 Å². The van der Waals surface area contributed by atoms with Crippen LogP contribution < -0.4 is 19.6 Å². The van der Waals surface area contributed by atoms with Gasteiger partial charge in [0.05, 0.1) is 26.2 Å². The highest BCUT2D eigenvalue weighted by atomic mass is 16.6. The van der Waals surface area contributed by atoms with Crippen LogP contribution in [0, 0.1) is 0 Å². The van der Waals surface area contributed by atoms with E-state index in [0.717, 1.165) is 5.56 Å². The van der Waals surface area contributed by atoms with Crippen LogP contribution >= 0.6 is 0 Å². The molecule has 2 aliphatic heterocycles. The van der Waals surface area contributed by atoms with Crippen LogP contribution in [-0.2, 0) is 11.2 Å². The van der Waals surface area contributed by atoms with E-state index in [-0.39, 0.29) is 17.1 Å². The summed E-state index contributed by atoms with van der Waals surface area (Å²) in [6, 6.07) is 7.05. The van der Waals surface area contributed by atoms with Crippen LogP contribution in [0.15, 0.2) is 33.5 Å². The topological polar surface area (TPSA) is 70.4 Å². The first kappa shape index (κ1) is 15.5. The molecule has 2 aliphatic rings. The van der Waals surface area contributed by atoms with E-state index >= 15 is 0 Å². The van der Waals surface area contributed by atoms with Gasteiger partial charge in [-0.1, -0.05) is 6.07 Å². The van der Waals surface area contributed by atoms with Crippen LogP contribution in [0.5, 0.6) is 17.2 Å². The van der Waals surface area contributed by atoms with Gasteiger partial charge in [0.2, 0.25) is 5.43 Å². The molecule has 2 aromatic carbocycles. The van der Waals surface area contributed by atoms with Gasteiger partial charge in [0.15, 0.2) is 11.3 Å². The van der Waals surface area contributed by atoms with E-state index in [0.29, 0.717) is 52.2 Å². The van der Waals surface area contributed by atoms with E-state index in [1.54, 1.807) is 31.4 Å². The Balaban J connectivity index is 1.85. The summed E-state index contributed by atoms with van der Waals surface area (Å²) in [6.07, 6.45) is 0.516. The summed E-state index contributed by atoms with van der Waals surface area (Å²) in [7, 11) is 3.09. The molecule has 26 heavy (non-hydrogen) atoms. The predicted octanol–water partition coefficient (Wildman–Crippen LogP) is 3.06. The van der Waals surface area contributed by atoms with E-state index in [4.69, 9.17) is 23.4 Å². The fourth-order valence-corrected chi connectivity index (χ4v) is 3.66. The molecule has 0 unspecified atom stereocenters. The fraction of sp³-hybridized carbons (Fsp3) is 0.350. The van der Waals surface area contributed by atoms with E-state index < -0.39 is 0 Å². The standard InChI is InChI=1S/C20H18O6/c1-20(9-24-20)15-7-11-13(25-15)8-14(23-3)16-17(21)10-5-4-6-12(22-2)18(10)26-19(11)16/h4-6,8,15H,7,9H2,1-3H3/t15-,20+/m0/s1. The van der Waals surface area contributed by atoms with Crippen LogP contribution in [-0.4, -0.2) is 32.5 Å². The van der Waals surface area contributed by atoms with Crippen molar-refractivity contribution in [3.05, 3.63) is 40.1 Å². The van der Waals surface area contributed by atoms with Crippen molar-refractivity contribution < 1.29 is 23.4 Å². The summed E-state index contributed by atoms with van der Waals surface area (Å²) in [5.41, 5.74) is 1.37. The summed E-state index contributed by atoms with van der Waals surface area (Å²) < 4.78 is 28.7. The van der Waals surface area contributed by atoms with Crippen LogP contribution in [0.3, 0.4) is 0 Å². The molecular formula is C20H18O6. The second-order valence-electron chi connectivity index (χ2n) is 6.94. The van der Waals surface area contributed by atoms with Crippen molar-refractivity contribution in [2.45, 2.75) is 25.0 Å². The number of para-hydroxylation sites is 1. The second-order valence-corrected chi connectivity index (χ2v) is 6.94. The number of epoxide rings is 1. The Morgan fingerprint density at radius 2 is 1.92 bits per heavy atom. The monoisotopic (exact) mass is 354 g/mol. The van der Waals surface area contributed by atoms with E-state index in [2.05, 4.69) is 0 Å². The number of ether oxygens (including phenoxy) is 4. The molecule has 0 N–H and O–H groups in total. The van der Waals surface area contributed by atoms with Gasteiger partial charge in [-0.3, -0.25) is 4.79 Å². The Labute approximate surface area is 149 Å². The van der Waals surface area contributed by atoms with Gasteiger partial charge in [0, 0.05) is 18.1 Å². The van der Waals surface area contributed by atoms with Crippen LogP contribution in [0.1, 0.15) is 12.5 Å². The molecule has 6 heteroatoms. The van der Waals surface area contributed by atoms with Crippen LogP contribution in [0.25, 0.3) is 21.9 Å². The fourth-order valence-electron chi connectivity index (χ4n) is 3.66.